The first kappa shape index (κ1) is 15.1. The molecule has 0 aliphatic rings. The first-order valence-corrected chi connectivity index (χ1v) is 6.98. The fourth-order valence-electron chi connectivity index (χ4n) is 2.23. The highest BCUT2D eigenvalue weighted by Gasteiger charge is 2.12. The van der Waals surface area contributed by atoms with E-state index in [0.717, 1.165) is 16.9 Å². The molecule has 1 unspecified atom stereocenters. The minimum Gasteiger partial charge on any atom is -0.489 e. The van der Waals surface area contributed by atoms with Crippen molar-refractivity contribution in [1.82, 2.24) is 0 Å². The van der Waals surface area contributed by atoms with Crippen LogP contribution in [0, 0.1) is 13.8 Å². The van der Waals surface area contributed by atoms with Crippen molar-refractivity contribution in [3.63, 3.8) is 0 Å². The minimum absolute atomic E-state index is 0.477. The second-order valence-corrected chi connectivity index (χ2v) is 5.41. The van der Waals surface area contributed by atoms with E-state index in [1.54, 1.807) is 6.92 Å². The minimum atomic E-state index is -0.811. The first-order valence-electron chi connectivity index (χ1n) is 6.98. The molecule has 3 nitrogen and oxygen atoms in total. The molecule has 1 atom stereocenters. The SMILES string of the molecule is Cc1cc(C)cc(OCc2ccc(C(C)C(=O)O)cc2)c1. The number of benzene rings is 2. The number of carboxylic acid groups (broad SMARTS) is 1. The van der Waals surface area contributed by atoms with Crippen LogP contribution < -0.4 is 4.74 Å². The van der Waals surface area contributed by atoms with Gasteiger partial charge >= 0.3 is 5.97 Å². The molecule has 21 heavy (non-hydrogen) atoms. The Morgan fingerprint density at radius 1 is 1.10 bits per heavy atom. The quantitative estimate of drug-likeness (QED) is 0.900. The molecule has 2 aromatic rings. The van der Waals surface area contributed by atoms with Gasteiger partial charge in [0.15, 0.2) is 0 Å². The van der Waals surface area contributed by atoms with Gasteiger partial charge in [0.2, 0.25) is 0 Å². The van der Waals surface area contributed by atoms with Gasteiger partial charge in [0.05, 0.1) is 5.92 Å². The van der Waals surface area contributed by atoms with Crippen molar-refractivity contribution in [2.45, 2.75) is 33.3 Å². The van der Waals surface area contributed by atoms with Gasteiger partial charge in [-0.2, -0.15) is 0 Å². The highest BCUT2D eigenvalue weighted by atomic mass is 16.5. The molecule has 0 saturated carbocycles. The Morgan fingerprint density at radius 2 is 1.67 bits per heavy atom. The van der Waals surface area contributed by atoms with Crippen LogP contribution in [0.15, 0.2) is 42.5 Å². The average molecular weight is 284 g/mol. The summed E-state index contributed by atoms with van der Waals surface area (Å²) in [6, 6.07) is 13.6. The maximum atomic E-state index is 10.9. The zero-order valence-electron chi connectivity index (χ0n) is 12.6. The third kappa shape index (κ3) is 4.09. The second kappa shape index (κ2) is 6.44. The predicted octanol–water partition coefficient (Wildman–Crippen LogP) is 4.07. The summed E-state index contributed by atoms with van der Waals surface area (Å²) < 4.78 is 5.79. The van der Waals surface area contributed by atoms with Crippen molar-refractivity contribution < 1.29 is 14.6 Å². The van der Waals surface area contributed by atoms with Gasteiger partial charge in [0, 0.05) is 0 Å². The van der Waals surface area contributed by atoms with Gasteiger partial charge in [-0.3, -0.25) is 4.79 Å². The van der Waals surface area contributed by atoms with Crippen LogP contribution in [0.3, 0.4) is 0 Å². The number of carbonyl (C=O) groups is 1. The van der Waals surface area contributed by atoms with Gasteiger partial charge in [-0.05, 0) is 55.2 Å². The number of hydrogen-bond acceptors (Lipinski definition) is 2. The summed E-state index contributed by atoms with van der Waals surface area (Å²) in [6.45, 7) is 6.25. The first-order chi connectivity index (χ1) is 9.95. The molecular weight excluding hydrogens is 264 g/mol. The Bertz CT molecular complexity index is 609. The van der Waals surface area contributed by atoms with Gasteiger partial charge < -0.3 is 9.84 Å². The number of carboxylic acids is 1. The molecule has 0 heterocycles. The number of hydrogen-bond donors (Lipinski definition) is 1. The van der Waals surface area contributed by atoms with Crippen LogP contribution in [-0.2, 0) is 11.4 Å². The maximum Gasteiger partial charge on any atom is 0.310 e. The molecule has 0 amide bonds. The van der Waals surface area contributed by atoms with E-state index in [1.807, 2.05) is 50.2 Å². The normalized spacial score (nSPS) is 12.0. The fraction of sp³-hybridized carbons (Fsp3) is 0.278. The van der Waals surface area contributed by atoms with Crippen LogP contribution in [0.5, 0.6) is 5.75 Å². The molecule has 0 fully saturated rings. The number of rotatable bonds is 5. The van der Waals surface area contributed by atoms with Crippen molar-refractivity contribution in [2.75, 3.05) is 0 Å². The standard InChI is InChI=1S/C18H20O3/c1-12-8-13(2)10-17(9-12)21-11-15-4-6-16(7-5-15)14(3)18(19)20/h4-10,14H,11H2,1-3H3,(H,19,20). The third-order valence-electron chi connectivity index (χ3n) is 3.45. The molecule has 110 valence electrons. The fourth-order valence-corrected chi connectivity index (χ4v) is 2.23. The van der Waals surface area contributed by atoms with E-state index in [-0.39, 0.29) is 0 Å². The zero-order valence-corrected chi connectivity index (χ0v) is 12.6. The highest BCUT2D eigenvalue weighted by molar-refractivity contribution is 5.75. The van der Waals surface area contributed by atoms with Crippen LogP contribution in [0.1, 0.15) is 35.1 Å². The van der Waals surface area contributed by atoms with Crippen LogP contribution in [0.25, 0.3) is 0 Å². The van der Waals surface area contributed by atoms with Crippen molar-refractivity contribution in [3.05, 3.63) is 64.7 Å². The van der Waals surface area contributed by atoms with Gasteiger partial charge in [0.25, 0.3) is 0 Å². The van der Waals surface area contributed by atoms with E-state index >= 15 is 0 Å². The molecule has 0 spiro atoms. The Labute approximate surface area is 125 Å². The Kier molecular flexibility index (Phi) is 4.63. The number of aliphatic carboxylic acids is 1. The number of ether oxygens (including phenoxy) is 1. The van der Waals surface area contributed by atoms with E-state index < -0.39 is 11.9 Å². The van der Waals surface area contributed by atoms with E-state index in [0.29, 0.717) is 6.61 Å². The van der Waals surface area contributed by atoms with Gasteiger partial charge in [0.1, 0.15) is 12.4 Å². The zero-order chi connectivity index (χ0) is 15.4. The molecule has 1 N–H and O–H groups in total. The topological polar surface area (TPSA) is 46.5 Å². The molecule has 0 aliphatic carbocycles. The summed E-state index contributed by atoms with van der Waals surface area (Å²) in [7, 11) is 0. The van der Waals surface area contributed by atoms with Crippen LogP contribution >= 0.6 is 0 Å². The van der Waals surface area contributed by atoms with Crippen molar-refractivity contribution >= 4 is 5.97 Å². The van der Waals surface area contributed by atoms with Crippen LogP contribution in [0.4, 0.5) is 0 Å². The Morgan fingerprint density at radius 3 is 2.19 bits per heavy atom. The lowest BCUT2D eigenvalue weighted by Crippen LogP contribution is -2.07. The highest BCUT2D eigenvalue weighted by Crippen LogP contribution is 2.19. The number of aryl methyl sites for hydroxylation is 2. The molecule has 0 aromatic heterocycles. The van der Waals surface area contributed by atoms with E-state index in [4.69, 9.17) is 9.84 Å². The summed E-state index contributed by atoms with van der Waals surface area (Å²) in [5.74, 6) is -0.441. The van der Waals surface area contributed by atoms with Gasteiger partial charge in [-0.1, -0.05) is 30.3 Å². The smallest absolute Gasteiger partial charge is 0.310 e. The second-order valence-electron chi connectivity index (χ2n) is 5.41. The van der Waals surface area contributed by atoms with E-state index in [1.165, 1.54) is 11.1 Å². The molecule has 3 heteroatoms. The molecule has 0 bridgehead atoms. The summed E-state index contributed by atoms with van der Waals surface area (Å²) in [6.07, 6.45) is 0. The van der Waals surface area contributed by atoms with Crippen molar-refractivity contribution in [1.29, 1.82) is 0 Å². The molecular formula is C18H20O3. The summed E-state index contributed by atoms with van der Waals surface area (Å²) in [4.78, 5) is 10.9. The Balaban J connectivity index is 2.02. The van der Waals surface area contributed by atoms with Crippen molar-refractivity contribution in [2.24, 2.45) is 0 Å². The molecule has 2 rings (SSSR count). The lowest BCUT2D eigenvalue weighted by Gasteiger charge is -2.10. The van der Waals surface area contributed by atoms with Crippen LogP contribution in [0.2, 0.25) is 0 Å². The molecule has 2 aromatic carbocycles. The third-order valence-corrected chi connectivity index (χ3v) is 3.45. The average Bonchev–Trinajstić information content (AvgIpc) is 2.44. The van der Waals surface area contributed by atoms with Crippen LogP contribution in [-0.4, -0.2) is 11.1 Å². The lowest BCUT2D eigenvalue weighted by atomic mass is 10.0. The van der Waals surface area contributed by atoms with Gasteiger partial charge in [-0.25, -0.2) is 0 Å². The molecule has 0 radical (unpaired) electrons. The summed E-state index contributed by atoms with van der Waals surface area (Å²) in [5.41, 5.74) is 4.18. The summed E-state index contributed by atoms with van der Waals surface area (Å²) >= 11 is 0. The molecule has 0 aliphatic heterocycles. The maximum absolute atomic E-state index is 10.9. The Hall–Kier alpha value is -2.29. The monoisotopic (exact) mass is 284 g/mol. The van der Waals surface area contributed by atoms with E-state index in [9.17, 15) is 4.79 Å². The van der Waals surface area contributed by atoms with Gasteiger partial charge in [-0.15, -0.1) is 0 Å². The lowest BCUT2D eigenvalue weighted by molar-refractivity contribution is -0.138. The predicted molar refractivity (Wildman–Crippen MR) is 82.7 cm³/mol. The van der Waals surface area contributed by atoms with E-state index in [2.05, 4.69) is 6.07 Å². The summed E-state index contributed by atoms with van der Waals surface area (Å²) in [5, 5.41) is 8.98. The van der Waals surface area contributed by atoms with Crippen molar-refractivity contribution in [3.8, 4) is 5.75 Å². The molecule has 0 saturated heterocycles. The largest absolute Gasteiger partial charge is 0.489 e.